The van der Waals surface area contributed by atoms with E-state index in [4.69, 9.17) is 0 Å². The van der Waals surface area contributed by atoms with Crippen molar-refractivity contribution in [3.05, 3.63) is 54.2 Å². The van der Waals surface area contributed by atoms with Gasteiger partial charge in [0, 0.05) is 36.3 Å². The molecule has 4 rings (SSSR count). The summed E-state index contributed by atoms with van der Waals surface area (Å²) < 4.78 is 15.5. The van der Waals surface area contributed by atoms with Gasteiger partial charge in [0.2, 0.25) is 0 Å². The van der Waals surface area contributed by atoms with Crippen LogP contribution < -0.4 is 5.32 Å². The fourth-order valence-corrected chi connectivity index (χ4v) is 3.42. The molecule has 0 aliphatic heterocycles. The number of rotatable bonds is 7. The van der Waals surface area contributed by atoms with Crippen LogP contribution in [0, 0.1) is 5.82 Å². The number of aromatic amines is 1. The molecule has 156 valence electrons. The number of likely N-dealkylation sites (N-methyl/N-ethyl adjacent to an activating group) is 1. The van der Waals surface area contributed by atoms with Crippen LogP contribution in [0.5, 0.6) is 0 Å². The number of fused-ring (bicyclic) bond motifs is 1. The minimum Gasteiger partial charge on any atom is -0.367 e. The average molecular weight is 407 g/mol. The number of benzene rings is 1. The standard InChI is InChI=1S/C22H26FN7/c1-14(2)22-28-25-18-10-7-16(13-30(18)22)19-20(15-5-8-17(23)9-6-15)26-27-21(19)24-11-12-29(3)4/h5-10,13-14H,11-12H2,1-4H3,(H2,24,26,27). The zero-order valence-corrected chi connectivity index (χ0v) is 17.6. The number of nitrogens with one attached hydrogen (secondary N) is 2. The molecule has 0 bridgehead atoms. The lowest BCUT2D eigenvalue weighted by molar-refractivity contribution is 0.425. The van der Waals surface area contributed by atoms with Gasteiger partial charge in [0.25, 0.3) is 0 Å². The van der Waals surface area contributed by atoms with Crippen LogP contribution >= 0.6 is 0 Å². The van der Waals surface area contributed by atoms with Gasteiger partial charge in [-0.05, 0) is 50.5 Å². The number of hydrogen-bond donors (Lipinski definition) is 2. The Labute approximate surface area is 174 Å². The molecule has 0 radical (unpaired) electrons. The van der Waals surface area contributed by atoms with Gasteiger partial charge in [0.05, 0.1) is 11.3 Å². The molecule has 2 N–H and O–H groups in total. The molecule has 4 aromatic rings. The van der Waals surface area contributed by atoms with Crippen molar-refractivity contribution in [2.24, 2.45) is 0 Å². The van der Waals surface area contributed by atoms with Crippen LogP contribution in [0.1, 0.15) is 25.6 Å². The van der Waals surface area contributed by atoms with Crippen LogP contribution in [0.4, 0.5) is 10.2 Å². The van der Waals surface area contributed by atoms with Crippen molar-refractivity contribution in [1.29, 1.82) is 0 Å². The minimum atomic E-state index is -0.267. The molecule has 1 aromatic carbocycles. The molecule has 3 aromatic heterocycles. The van der Waals surface area contributed by atoms with Crippen molar-refractivity contribution in [1.82, 2.24) is 29.7 Å². The molecule has 0 atom stereocenters. The first-order chi connectivity index (χ1) is 14.4. The maximum Gasteiger partial charge on any atom is 0.160 e. The van der Waals surface area contributed by atoms with Gasteiger partial charge >= 0.3 is 0 Å². The zero-order chi connectivity index (χ0) is 21.3. The lowest BCUT2D eigenvalue weighted by Gasteiger charge is -2.12. The summed E-state index contributed by atoms with van der Waals surface area (Å²) in [6, 6.07) is 10.4. The van der Waals surface area contributed by atoms with Crippen LogP contribution in [0.15, 0.2) is 42.6 Å². The highest BCUT2D eigenvalue weighted by molar-refractivity contribution is 5.88. The number of hydrogen-bond acceptors (Lipinski definition) is 5. The van der Waals surface area contributed by atoms with Crippen molar-refractivity contribution >= 4 is 11.5 Å². The number of aromatic nitrogens is 5. The zero-order valence-electron chi connectivity index (χ0n) is 17.6. The van der Waals surface area contributed by atoms with Crippen molar-refractivity contribution in [3.63, 3.8) is 0 Å². The monoisotopic (exact) mass is 407 g/mol. The van der Waals surface area contributed by atoms with E-state index in [0.29, 0.717) is 0 Å². The first kappa shape index (κ1) is 20.0. The van der Waals surface area contributed by atoms with Crippen molar-refractivity contribution < 1.29 is 4.39 Å². The molecule has 0 saturated carbocycles. The fraction of sp³-hybridized carbons (Fsp3) is 0.318. The molecule has 0 spiro atoms. The smallest absolute Gasteiger partial charge is 0.160 e. The van der Waals surface area contributed by atoms with Crippen LogP contribution in [-0.4, -0.2) is 56.9 Å². The number of pyridine rings is 1. The minimum absolute atomic E-state index is 0.244. The summed E-state index contributed by atoms with van der Waals surface area (Å²) in [5.74, 6) is 1.64. The maximum atomic E-state index is 13.5. The molecular weight excluding hydrogens is 381 g/mol. The Kier molecular flexibility index (Phi) is 5.50. The van der Waals surface area contributed by atoms with Gasteiger partial charge in [0.1, 0.15) is 11.6 Å². The van der Waals surface area contributed by atoms with Crippen LogP contribution in [0.25, 0.3) is 28.0 Å². The molecule has 0 fully saturated rings. The number of anilines is 1. The second-order valence-corrected chi connectivity index (χ2v) is 7.92. The Hall–Kier alpha value is -3.26. The first-order valence-corrected chi connectivity index (χ1v) is 10.0. The Morgan fingerprint density at radius 1 is 1.07 bits per heavy atom. The highest BCUT2D eigenvalue weighted by Crippen LogP contribution is 2.36. The van der Waals surface area contributed by atoms with Crippen LogP contribution in [0.2, 0.25) is 0 Å². The molecular formula is C22H26FN7. The van der Waals surface area contributed by atoms with Gasteiger partial charge in [-0.3, -0.25) is 9.50 Å². The number of H-pyrrole nitrogens is 1. The summed E-state index contributed by atoms with van der Waals surface area (Å²) >= 11 is 0. The van der Waals surface area contributed by atoms with E-state index >= 15 is 0 Å². The molecule has 30 heavy (non-hydrogen) atoms. The average Bonchev–Trinajstić information content (AvgIpc) is 3.32. The van der Waals surface area contributed by atoms with Gasteiger partial charge in [0.15, 0.2) is 11.5 Å². The van der Waals surface area contributed by atoms with Gasteiger partial charge < -0.3 is 10.2 Å². The van der Waals surface area contributed by atoms with Crippen LogP contribution in [-0.2, 0) is 0 Å². The van der Waals surface area contributed by atoms with E-state index in [2.05, 4.69) is 44.5 Å². The quantitative estimate of drug-likeness (QED) is 0.484. The van der Waals surface area contributed by atoms with Crippen molar-refractivity contribution in [2.75, 3.05) is 32.5 Å². The lowest BCUT2D eigenvalue weighted by atomic mass is 10.0. The first-order valence-electron chi connectivity index (χ1n) is 10.0. The lowest BCUT2D eigenvalue weighted by Crippen LogP contribution is -2.21. The highest BCUT2D eigenvalue weighted by Gasteiger charge is 2.19. The van der Waals surface area contributed by atoms with Crippen LogP contribution in [0.3, 0.4) is 0 Å². The predicted octanol–water partition coefficient (Wildman–Crippen LogP) is 4.02. The van der Waals surface area contributed by atoms with Gasteiger partial charge in [-0.2, -0.15) is 5.10 Å². The highest BCUT2D eigenvalue weighted by atomic mass is 19.1. The van der Waals surface area contributed by atoms with E-state index in [1.54, 1.807) is 12.1 Å². The molecule has 3 heterocycles. The van der Waals surface area contributed by atoms with Gasteiger partial charge in [-0.1, -0.05) is 13.8 Å². The third-order valence-electron chi connectivity index (χ3n) is 4.98. The summed E-state index contributed by atoms with van der Waals surface area (Å²) in [6.07, 6.45) is 2.04. The van der Waals surface area contributed by atoms with E-state index in [-0.39, 0.29) is 11.7 Å². The van der Waals surface area contributed by atoms with E-state index in [0.717, 1.165) is 52.8 Å². The number of nitrogens with zero attached hydrogens (tertiary/aromatic N) is 5. The normalized spacial score (nSPS) is 11.7. The van der Waals surface area contributed by atoms with Crippen molar-refractivity contribution in [3.8, 4) is 22.4 Å². The predicted molar refractivity (Wildman–Crippen MR) is 117 cm³/mol. The van der Waals surface area contributed by atoms with Gasteiger partial charge in [-0.25, -0.2) is 4.39 Å². The Morgan fingerprint density at radius 3 is 2.50 bits per heavy atom. The summed E-state index contributed by atoms with van der Waals surface area (Å²) in [6.45, 7) is 5.82. The van der Waals surface area contributed by atoms with E-state index in [9.17, 15) is 4.39 Å². The Balaban J connectivity index is 1.83. The second-order valence-electron chi connectivity index (χ2n) is 7.92. The molecule has 0 amide bonds. The maximum absolute atomic E-state index is 13.5. The summed E-state index contributed by atoms with van der Waals surface area (Å²) in [5, 5.41) is 19.7. The molecule has 0 aliphatic carbocycles. The van der Waals surface area contributed by atoms with Crippen molar-refractivity contribution in [2.45, 2.75) is 19.8 Å². The second kappa shape index (κ2) is 8.23. The Bertz CT molecular complexity index is 1140. The summed E-state index contributed by atoms with van der Waals surface area (Å²) in [7, 11) is 4.06. The summed E-state index contributed by atoms with van der Waals surface area (Å²) in [4.78, 5) is 2.11. The Morgan fingerprint density at radius 2 is 1.80 bits per heavy atom. The fourth-order valence-electron chi connectivity index (χ4n) is 3.42. The molecule has 8 heteroatoms. The molecule has 7 nitrogen and oxygen atoms in total. The molecule has 0 unspecified atom stereocenters. The van der Waals surface area contributed by atoms with E-state index < -0.39 is 0 Å². The molecule has 0 saturated heterocycles. The third kappa shape index (κ3) is 3.91. The van der Waals surface area contributed by atoms with Gasteiger partial charge in [-0.15, -0.1) is 10.2 Å². The largest absolute Gasteiger partial charge is 0.367 e. The topological polar surface area (TPSA) is 74.1 Å². The van der Waals surface area contributed by atoms with E-state index in [1.165, 1.54) is 12.1 Å². The SMILES string of the molecule is CC(C)c1nnc2ccc(-c3c(NCCN(C)C)n[nH]c3-c3ccc(F)cc3)cn12. The van der Waals surface area contributed by atoms with E-state index in [1.807, 2.05) is 36.8 Å². The number of halogens is 1. The third-order valence-corrected chi connectivity index (χ3v) is 4.98. The molecule has 0 aliphatic rings. The summed E-state index contributed by atoms with van der Waals surface area (Å²) in [5.41, 5.74) is 4.42.